The summed E-state index contributed by atoms with van der Waals surface area (Å²) < 4.78 is 6.49. The number of nitrogens with zero attached hydrogens (tertiary/aromatic N) is 3. The first-order chi connectivity index (χ1) is 16.3. The van der Waals surface area contributed by atoms with E-state index in [-0.39, 0.29) is 0 Å². The Labute approximate surface area is 190 Å². The number of benzene rings is 3. The minimum Gasteiger partial charge on any atom is -0.455 e. The summed E-state index contributed by atoms with van der Waals surface area (Å²) >= 11 is 0. The van der Waals surface area contributed by atoms with Crippen LogP contribution < -0.4 is 0 Å². The summed E-state index contributed by atoms with van der Waals surface area (Å²) in [5, 5.41) is 11.2. The predicted molar refractivity (Wildman–Crippen MR) is 130 cm³/mol. The molecule has 0 radical (unpaired) electrons. The van der Waals surface area contributed by atoms with Gasteiger partial charge in [-0.05, 0) is 35.9 Å². The van der Waals surface area contributed by atoms with Gasteiger partial charge in [0.05, 0.1) is 17.3 Å². The summed E-state index contributed by atoms with van der Waals surface area (Å²) in [6.07, 6.45) is 5.45. The maximum atomic E-state index is 9.11. The summed E-state index contributed by atoms with van der Waals surface area (Å²) in [7, 11) is 0. The average Bonchev–Trinajstić information content (AvgIpc) is 3.28. The average molecular weight is 423 g/mol. The fourth-order valence-electron chi connectivity index (χ4n) is 4.24. The summed E-state index contributed by atoms with van der Waals surface area (Å²) in [5.74, 6) is 0. The van der Waals surface area contributed by atoms with Crippen molar-refractivity contribution >= 4 is 21.9 Å². The van der Waals surface area contributed by atoms with E-state index in [0.29, 0.717) is 5.56 Å². The highest BCUT2D eigenvalue weighted by atomic mass is 16.3. The Hall–Kier alpha value is -4.75. The van der Waals surface area contributed by atoms with Gasteiger partial charge in [0.25, 0.3) is 0 Å². The number of fused-ring (bicyclic) bond motifs is 3. The van der Waals surface area contributed by atoms with Crippen LogP contribution in [0.2, 0.25) is 0 Å². The van der Waals surface area contributed by atoms with Crippen LogP contribution in [-0.2, 0) is 0 Å². The largest absolute Gasteiger partial charge is 0.455 e. The first-order valence-electron chi connectivity index (χ1n) is 10.6. The van der Waals surface area contributed by atoms with E-state index in [1.165, 1.54) is 0 Å². The Kier molecular flexibility index (Phi) is 4.45. The van der Waals surface area contributed by atoms with Gasteiger partial charge in [-0.25, -0.2) is 0 Å². The van der Waals surface area contributed by atoms with E-state index in [9.17, 15) is 0 Å². The quantitative estimate of drug-likeness (QED) is 0.301. The second-order valence-electron chi connectivity index (χ2n) is 7.83. The zero-order valence-corrected chi connectivity index (χ0v) is 17.6. The lowest BCUT2D eigenvalue weighted by Gasteiger charge is -2.05. The Morgan fingerprint density at radius 2 is 1.33 bits per heavy atom. The number of rotatable bonds is 3. The van der Waals surface area contributed by atoms with Gasteiger partial charge in [-0.3, -0.25) is 9.97 Å². The molecule has 154 valence electrons. The van der Waals surface area contributed by atoms with Gasteiger partial charge in [-0.2, -0.15) is 5.26 Å². The van der Waals surface area contributed by atoms with E-state index in [0.717, 1.165) is 55.4 Å². The van der Waals surface area contributed by atoms with E-state index in [1.807, 2.05) is 60.9 Å². The first kappa shape index (κ1) is 19.0. The van der Waals surface area contributed by atoms with Crippen molar-refractivity contribution in [3.8, 4) is 39.6 Å². The van der Waals surface area contributed by atoms with Gasteiger partial charge >= 0.3 is 0 Å². The molecule has 0 fully saturated rings. The molecule has 0 unspecified atom stereocenters. The molecule has 33 heavy (non-hydrogen) atoms. The molecule has 0 amide bonds. The minimum absolute atomic E-state index is 0.639. The topological polar surface area (TPSA) is 62.7 Å². The number of para-hydroxylation sites is 2. The van der Waals surface area contributed by atoms with E-state index in [1.54, 1.807) is 6.20 Å². The van der Waals surface area contributed by atoms with E-state index in [4.69, 9.17) is 9.68 Å². The van der Waals surface area contributed by atoms with Crippen LogP contribution >= 0.6 is 0 Å². The fourth-order valence-corrected chi connectivity index (χ4v) is 4.24. The molecule has 0 bridgehead atoms. The molecule has 3 heterocycles. The molecule has 0 N–H and O–H groups in total. The van der Waals surface area contributed by atoms with Crippen molar-refractivity contribution in [2.75, 3.05) is 0 Å². The molecule has 0 saturated carbocycles. The molecule has 0 aliphatic carbocycles. The molecule has 0 aliphatic rings. The van der Waals surface area contributed by atoms with Crippen LogP contribution in [0.3, 0.4) is 0 Å². The number of pyridine rings is 2. The van der Waals surface area contributed by atoms with Gasteiger partial charge in [-0.1, -0.05) is 54.6 Å². The molecule has 3 aromatic heterocycles. The normalized spacial score (nSPS) is 11.0. The standard InChI is InChI=1S/C29H17N3O/c30-16-19-9-11-20(12-10-19)23-5-1-7-25-26-8-2-6-24(29(26)33-28(23)25)21-13-14-27(32-18-21)22-4-3-15-31-17-22/h1-15,17-18H. The van der Waals surface area contributed by atoms with Crippen LogP contribution in [0.4, 0.5) is 0 Å². The maximum Gasteiger partial charge on any atom is 0.143 e. The van der Waals surface area contributed by atoms with Gasteiger partial charge in [0.15, 0.2) is 0 Å². The molecule has 6 aromatic rings. The van der Waals surface area contributed by atoms with Crippen LogP contribution in [0.25, 0.3) is 55.4 Å². The van der Waals surface area contributed by atoms with Gasteiger partial charge in [0.1, 0.15) is 11.2 Å². The minimum atomic E-state index is 0.639. The predicted octanol–water partition coefficient (Wildman–Crippen LogP) is 7.25. The summed E-state index contributed by atoms with van der Waals surface area (Å²) in [6.45, 7) is 0. The monoisotopic (exact) mass is 423 g/mol. The zero-order valence-electron chi connectivity index (χ0n) is 17.6. The molecule has 0 aliphatic heterocycles. The van der Waals surface area contributed by atoms with Crippen LogP contribution in [0.1, 0.15) is 5.56 Å². The third-order valence-corrected chi connectivity index (χ3v) is 5.88. The smallest absolute Gasteiger partial charge is 0.143 e. The number of hydrogen-bond acceptors (Lipinski definition) is 4. The highest BCUT2D eigenvalue weighted by molar-refractivity contribution is 6.12. The van der Waals surface area contributed by atoms with Crippen LogP contribution in [-0.4, -0.2) is 9.97 Å². The molecule has 0 saturated heterocycles. The van der Waals surface area contributed by atoms with Crippen molar-refractivity contribution in [3.63, 3.8) is 0 Å². The Bertz CT molecular complexity index is 1640. The summed E-state index contributed by atoms with van der Waals surface area (Å²) in [6, 6.07) is 30.1. The van der Waals surface area contributed by atoms with Crippen molar-refractivity contribution in [2.24, 2.45) is 0 Å². The van der Waals surface area contributed by atoms with Crippen LogP contribution in [0.15, 0.2) is 108 Å². The molecule has 0 atom stereocenters. The molecular weight excluding hydrogens is 406 g/mol. The Morgan fingerprint density at radius 3 is 1.94 bits per heavy atom. The maximum absolute atomic E-state index is 9.11. The molecule has 4 nitrogen and oxygen atoms in total. The van der Waals surface area contributed by atoms with Crippen molar-refractivity contribution in [3.05, 3.63) is 109 Å². The fraction of sp³-hybridized carbons (Fsp3) is 0. The van der Waals surface area contributed by atoms with Gasteiger partial charge in [0, 0.05) is 51.6 Å². The van der Waals surface area contributed by atoms with Crippen molar-refractivity contribution in [1.29, 1.82) is 5.26 Å². The highest BCUT2D eigenvalue weighted by Gasteiger charge is 2.15. The summed E-state index contributed by atoms with van der Waals surface area (Å²) in [5.41, 5.74) is 8.19. The lowest BCUT2D eigenvalue weighted by atomic mass is 10.00. The van der Waals surface area contributed by atoms with E-state index < -0.39 is 0 Å². The Balaban J connectivity index is 1.49. The number of hydrogen-bond donors (Lipinski definition) is 0. The van der Waals surface area contributed by atoms with Crippen LogP contribution in [0, 0.1) is 11.3 Å². The first-order valence-corrected chi connectivity index (χ1v) is 10.6. The van der Waals surface area contributed by atoms with E-state index >= 15 is 0 Å². The zero-order chi connectivity index (χ0) is 22.2. The van der Waals surface area contributed by atoms with E-state index in [2.05, 4.69) is 52.4 Å². The van der Waals surface area contributed by atoms with Gasteiger partial charge in [0.2, 0.25) is 0 Å². The van der Waals surface area contributed by atoms with Crippen molar-refractivity contribution in [1.82, 2.24) is 9.97 Å². The van der Waals surface area contributed by atoms with Crippen molar-refractivity contribution in [2.45, 2.75) is 0 Å². The Morgan fingerprint density at radius 1 is 0.636 bits per heavy atom. The van der Waals surface area contributed by atoms with Crippen LogP contribution in [0.5, 0.6) is 0 Å². The van der Waals surface area contributed by atoms with Gasteiger partial charge in [-0.15, -0.1) is 0 Å². The lowest BCUT2D eigenvalue weighted by molar-refractivity contribution is 0.671. The molecule has 0 spiro atoms. The third-order valence-electron chi connectivity index (χ3n) is 5.88. The SMILES string of the molecule is N#Cc1ccc(-c2cccc3c2oc2c(-c4ccc(-c5cccnc5)nc4)cccc23)cc1. The second kappa shape index (κ2) is 7.74. The lowest BCUT2D eigenvalue weighted by Crippen LogP contribution is -1.86. The summed E-state index contributed by atoms with van der Waals surface area (Å²) in [4.78, 5) is 8.84. The second-order valence-corrected chi connectivity index (χ2v) is 7.83. The number of nitriles is 1. The van der Waals surface area contributed by atoms with Gasteiger partial charge < -0.3 is 4.42 Å². The third kappa shape index (κ3) is 3.24. The highest BCUT2D eigenvalue weighted by Crippen LogP contribution is 2.39. The van der Waals surface area contributed by atoms with Crippen molar-refractivity contribution < 1.29 is 4.42 Å². The number of furan rings is 1. The number of aromatic nitrogens is 2. The molecule has 3 aromatic carbocycles. The molecule has 4 heteroatoms. The molecular formula is C29H17N3O. The molecule has 6 rings (SSSR count).